The molecule has 1 heterocycles. The first kappa shape index (κ1) is 13.3. The molecule has 1 aromatic carbocycles. The van der Waals surface area contributed by atoms with Crippen molar-refractivity contribution in [1.29, 1.82) is 0 Å². The number of hydrogen-bond acceptors (Lipinski definition) is 4. The molecule has 0 spiro atoms. The van der Waals surface area contributed by atoms with Crippen LogP contribution in [0, 0.1) is 0 Å². The van der Waals surface area contributed by atoms with E-state index in [4.69, 9.17) is 21.1 Å². The lowest BCUT2D eigenvalue weighted by Crippen LogP contribution is -2.28. The van der Waals surface area contributed by atoms with E-state index in [9.17, 15) is 0 Å². The molecule has 18 heavy (non-hydrogen) atoms. The van der Waals surface area contributed by atoms with Gasteiger partial charge in [-0.15, -0.1) is 0 Å². The van der Waals surface area contributed by atoms with Crippen molar-refractivity contribution in [2.45, 2.75) is 6.42 Å². The van der Waals surface area contributed by atoms with Crippen LogP contribution < -0.4 is 19.7 Å². The number of halogens is 1. The van der Waals surface area contributed by atoms with E-state index in [1.54, 1.807) is 14.2 Å². The van der Waals surface area contributed by atoms with E-state index in [1.807, 2.05) is 12.1 Å². The van der Waals surface area contributed by atoms with Crippen molar-refractivity contribution in [3.63, 3.8) is 0 Å². The second-order valence-electron chi connectivity index (χ2n) is 4.25. The Hall–Kier alpha value is -1.13. The zero-order chi connectivity index (χ0) is 13.0. The summed E-state index contributed by atoms with van der Waals surface area (Å²) in [6, 6.07) is 3.76. The van der Waals surface area contributed by atoms with Crippen LogP contribution in [0.25, 0.3) is 0 Å². The molecule has 1 aliphatic rings. The third-order valence-electron chi connectivity index (χ3n) is 3.13. The zero-order valence-electron chi connectivity index (χ0n) is 10.8. The van der Waals surface area contributed by atoms with Gasteiger partial charge in [-0.1, -0.05) is 11.6 Å². The third-order valence-corrected chi connectivity index (χ3v) is 3.43. The SMILES string of the molecule is COc1cc(N2CCCNCC2)c(OC)cc1Cl. The van der Waals surface area contributed by atoms with Gasteiger partial charge in [-0.25, -0.2) is 0 Å². The van der Waals surface area contributed by atoms with E-state index in [-0.39, 0.29) is 0 Å². The summed E-state index contributed by atoms with van der Waals surface area (Å²) in [5, 5.41) is 3.96. The number of benzene rings is 1. The number of ether oxygens (including phenoxy) is 2. The quantitative estimate of drug-likeness (QED) is 0.913. The Labute approximate surface area is 113 Å². The van der Waals surface area contributed by atoms with Gasteiger partial charge in [-0.05, 0) is 13.0 Å². The Morgan fingerprint density at radius 3 is 2.61 bits per heavy atom. The largest absolute Gasteiger partial charge is 0.495 e. The summed E-state index contributed by atoms with van der Waals surface area (Å²) in [7, 11) is 3.29. The number of methoxy groups -OCH3 is 2. The molecule has 0 amide bonds. The Morgan fingerprint density at radius 2 is 1.89 bits per heavy atom. The molecule has 0 saturated carbocycles. The predicted molar refractivity (Wildman–Crippen MR) is 74.3 cm³/mol. The van der Waals surface area contributed by atoms with Crippen molar-refractivity contribution in [1.82, 2.24) is 5.32 Å². The first-order chi connectivity index (χ1) is 8.76. The summed E-state index contributed by atoms with van der Waals surface area (Å²) in [4.78, 5) is 2.30. The van der Waals surface area contributed by atoms with Gasteiger partial charge in [-0.3, -0.25) is 0 Å². The Morgan fingerprint density at radius 1 is 1.11 bits per heavy atom. The monoisotopic (exact) mass is 270 g/mol. The smallest absolute Gasteiger partial charge is 0.143 e. The van der Waals surface area contributed by atoms with Crippen molar-refractivity contribution in [3.05, 3.63) is 17.2 Å². The third kappa shape index (κ3) is 2.82. The summed E-state index contributed by atoms with van der Waals surface area (Å²) in [6.45, 7) is 4.01. The molecule has 0 aromatic heterocycles. The van der Waals surface area contributed by atoms with Gasteiger partial charge in [0, 0.05) is 31.8 Å². The maximum atomic E-state index is 6.12. The highest BCUT2D eigenvalue weighted by Crippen LogP contribution is 2.38. The van der Waals surface area contributed by atoms with Crippen LogP contribution in [0.2, 0.25) is 5.02 Å². The molecule has 1 saturated heterocycles. The van der Waals surface area contributed by atoms with Crippen molar-refractivity contribution >= 4 is 17.3 Å². The van der Waals surface area contributed by atoms with Gasteiger partial charge >= 0.3 is 0 Å². The van der Waals surface area contributed by atoms with Crippen LogP contribution in [0.15, 0.2) is 12.1 Å². The van der Waals surface area contributed by atoms with Crippen LogP contribution in [0.4, 0.5) is 5.69 Å². The number of hydrogen-bond donors (Lipinski definition) is 1. The summed E-state index contributed by atoms with van der Waals surface area (Å²) >= 11 is 6.12. The highest BCUT2D eigenvalue weighted by atomic mass is 35.5. The first-order valence-electron chi connectivity index (χ1n) is 6.13. The van der Waals surface area contributed by atoms with Crippen molar-refractivity contribution in [3.8, 4) is 11.5 Å². The summed E-state index contributed by atoms with van der Waals surface area (Å²) in [5.74, 6) is 1.48. The molecule has 5 heteroatoms. The molecule has 0 aliphatic carbocycles. The Kier molecular flexibility index (Phi) is 4.55. The molecule has 0 bridgehead atoms. The minimum Gasteiger partial charge on any atom is -0.495 e. The van der Waals surface area contributed by atoms with Crippen LogP contribution in [0.3, 0.4) is 0 Å². The number of nitrogens with one attached hydrogen (secondary N) is 1. The lowest BCUT2D eigenvalue weighted by Gasteiger charge is -2.25. The fourth-order valence-electron chi connectivity index (χ4n) is 2.18. The Bertz CT molecular complexity index is 404. The summed E-state index contributed by atoms with van der Waals surface area (Å²) < 4.78 is 10.7. The van der Waals surface area contributed by atoms with E-state index >= 15 is 0 Å². The maximum absolute atomic E-state index is 6.12. The van der Waals surface area contributed by atoms with Crippen molar-refractivity contribution in [2.75, 3.05) is 45.3 Å². The van der Waals surface area contributed by atoms with E-state index in [0.29, 0.717) is 10.8 Å². The topological polar surface area (TPSA) is 33.7 Å². The number of rotatable bonds is 3. The Balaban J connectivity index is 2.34. The maximum Gasteiger partial charge on any atom is 0.143 e. The first-order valence-corrected chi connectivity index (χ1v) is 6.51. The molecule has 4 nitrogen and oxygen atoms in total. The average molecular weight is 271 g/mol. The van der Waals surface area contributed by atoms with Crippen LogP contribution in [-0.2, 0) is 0 Å². The highest BCUT2D eigenvalue weighted by Gasteiger charge is 2.17. The summed E-state index contributed by atoms with van der Waals surface area (Å²) in [6.07, 6.45) is 1.12. The van der Waals surface area contributed by atoms with E-state index in [1.165, 1.54) is 0 Å². The molecular weight excluding hydrogens is 252 g/mol. The number of anilines is 1. The molecule has 0 radical (unpaired) electrons. The van der Waals surface area contributed by atoms with Crippen LogP contribution in [-0.4, -0.2) is 40.4 Å². The minimum absolute atomic E-state index is 0.575. The predicted octanol–water partition coefficient (Wildman–Crippen LogP) is 2.16. The molecule has 0 atom stereocenters. The van der Waals surface area contributed by atoms with Gasteiger partial charge in [0.15, 0.2) is 0 Å². The number of nitrogens with zero attached hydrogens (tertiary/aromatic N) is 1. The second kappa shape index (κ2) is 6.16. The lowest BCUT2D eigenvalue weighted by molar-refractivity contribution is 0.403. The van der Waals surface area contributed by atoms with Crippen LogP contribution >= 0.6 is 11.6 Å². The molecular formula is C13H19ClN2O2. The van der Waals surface area contributed by atoms with Crippen LogP contribution in [0.5, 0.6) is 11.5 Å². The fourth-order valence-corrected chi connectivity index (χ4v) is 2.41. The van der Waals surface area contributed by atoms with Gasteiger partial charge in [0.05, 0.1) is 24.9 Å². The zero-order valence-corrected chi connectivity index (χ0v) is 11.6. The lowest BCUT2D eigenvalue weighted by atomic mass is 10.2. The normalized spacial score (nSPS) is 16.3. The fraction of sp³-hybridized carbons (Fsp3) is 0.538. The van der Waals surface area contributed by atoms with Gasteiger partial charge in [0.1, 0.15) is 11.5 Å². The van der Waals surface area contributed by atoms with E-state index < -0.39 is 0 Å². The highest BCUT2D eigenvalue weighted by molar-refractivity contribution is 6.32. The van der Waals surface area contributed by atoms with E-state index in [0.717, 1.165) is 44.0 Å². The molecule has 100 valence electrons. The van der Waals surface area contributed by atoms with Gasteiger partial charge < -0.3 is 19.7 Å². The standard InChI is InChI=1S/C13H19ClN2O2/c1-17-12-9-11(13(18-2)8-10(12)14)16-6-3-4-15-5-7-16/h8-9,15H,3-7H2,1-2H3. The average Bonchev–Trinajstić information content (AvgIpc) is 2.67. The second-order valence-corrected chi connectivity index (χ2v) is 4.66. The van der Waals surface area contributed by atoms with Gasteiger partial charge in [-0.2, -0.15) is 0 Å². The molecule has 2 rings (SSSR count). The molecule has 1 fully saturated rings. The van der Waals surface area contributed by atoms with Crippen molar-refractivity contribution in [2.24, 2.45) is 0 Å². The molecule has 1 N–H and O–H groups in total. The molecule has 0 unspecified atom stereocenters. The van der Waals surface area contributed by atoms with Crippen LogP contribution in [0.1, 0.15) is 6.42 Å². The van der Waals surface area contributed by atoms with Gasteiger partial charge in [0.25, 0.3) is 0 Å². The molecule has 1 aromatic rings. The summed E-state index contributed by atoms with van der Waals surface area (Å²) in [5.41, 5.74) is 1.04. The van der Waals surface area contributed by atoms with Crippen molar-refractivity contribution < 1.29 is 9.47 Å². The molecule has 1 aliphatic heterocycles. The van der Waals surface area contributed by atoms with Gasteiger partial charge in [0.2, 0.25) is 0 Å². The van der Waals surface area contributed by atoms with E-state index in [2.05, 4.69) is 10.2 Å². The minimum atomic E-state index is 0.575.